The highest BCUT2D eigenvalue weighted by atomic mass is 35.5. The van der Waals surface area contributed by atoms with E-state index in [1.807, 2.05) is 0 Å². The third-order valence-electron chi connectivity index (χ3n) is 4.07. The Kier molecular flexibility index (Phi) is 5.30. The van der Waals surface area contributed by atoms with E-state index >= 15 is 0 Å². The van der Waals surface area contributed by atoms with Crippen LogP contribution in [-0.2, 0) is 13.6 Å². The molecule has 5 nitrogen and oxygen atoms in total. The molecule has 0 saturated carbocycles. The lowest BCUT2D eigenvalue weighted by atomic mass is 10.1. The van der Waals surface area contributed by atoms with E-state index in [0.717, 1.165) is 0 Å². The zero-order valence-corrected chi connectivity index (χ0v) is 15.7. The maximum Gasteiger partial charge on any atom is 0.264 e. The van der Waals surface area contributed by atoms with Gasteiger partial charge in [0, 0.05) is 18.9 Å². The van der Waals surface area contributed by atoms with E-state index in [1.54, 1.807) is 24.3 Å². The fraction of sp³-hybridized carbons (Fsp3) is 0.105. The molecule has 0 unspecified atom stereocenters. The molecule has 0 aliphatic heterocycles. The highest BCUT2D eigenvalue weighted by Gasteiger charge is 2.25. The normalized spacial score (nSPS) is 10.8. The monoisotopic (exact) mass is 408 g/mol. The fourth-order valence-electron chi connectivity index (χ4n) is 2.61. The molecule has 2 aromatic carbocycles. The molecule has 1 amide bonds. The number of anilines is 1. The standard InChI is InChI=1S/C19H15Cl2FN2O3/c1-23-10-14(17(25)19(23)27)18(26)24(9-11-2-4-12(22)5-3-11)13-6-7-15(20)16(21)8-13/h2-8,10,25,27H,9H2,1H3. The van der Waals surface area contributed by atoms with Crippen LogP contribution in [0.4, 0.5) is 10.1 Å². The van der Waals surface area contributed by atoms with Gasteiger partial charge in [0.2, 0.25) is 5.88 Å². The zero-order valence-electron chi connectivity index (χ0n) is 14.2. The predicted octanol–water partition coefficient (Wildman–Crippen LogP) is 4.73. The van der Waals surface area contributed by atoms with E-state index in [4.69, 9.17) is 23.2 Å². The number of carbonyl (C=O) groups is 1. The van der Waals surface area contributed by atoms with Gasteiger partial charge in [-0.2, -0.15) is 0 Å². The van der Waals surface area contributed by atoms with Gasteiger partial charge in [-0.25, -0.2) is 4.39 Å². The van der Waals surface area contributed by atoms with Crippen LogP contribution < -0.4 is 4.90 Å². The molecule has 140 valence electrons. The first-order valence-electron chi connectivity index (χ1n) is 7.86. The van der Waals surface area contributed by atoms with E-state index in [2.05, 4.69) is 0 Å². The van der Waals surface area contributed by atoms with Gasteiger partial charge in [0.25, 0.3) is 5.91 Å². The van der Waals surface area contributed by atoms with E-state index in [-0.39, 0.29) is 17.1 Å². The predicted molar refractivity (Wildman–Crippen MR) is 102 cm³/mol. The highest BCUT2D eigenvalue weighted by Crippen LogP contribution is 2.34. The summed E-state index contributed by atoms with van der Waals surface area (Å²) in [4.78, 5) is 14.4. The minimum atomic E-state index is -0.564. The van der Waals surface area contributed by atoms with E-state index in [9.17, 15) is 19.4 Å². The molecule has 0 aliphatic carbocycles. The first-order chi connectivity index (χ1) is 12.8. The molecule has 0 saturated heterocycles. The van der Waals surface area contributed by atoms with E-state index in [1.165, 1.54) is 40.9 Å². The Balaban J connectivity index is 2.05. The van der Waals surface area contributed by atoms with Gasteiger partial charge in [-0.15, -0.1) is 0 Å². The third kappa shape index (κ3) is 3.86. The van der Waals surface area contributed by atoms with Crippen LogP contribution in [0.25, 0.3) is 0 Å². The van der Waals surface area contributed by atoms with Crippen molar-refractivity contribution in [2.75, 3.05) is 4.90 Å². The molecule has 8 heteroatoms. The van der Waals surface area contributed by atoms with Crippen molar-refractivity contribution in [1.29, 1.82) is 0 Å². The number of benzene rings is 2. The van der Waals surface area contributed by atoms with Gasteiger partial charge in [-0.1, -0.05) is 35.3 Å². The quantitative estimate of drug-likeness (QED) is 0.655. The Morgan fingerprint density at radius 1 is 1.11 bits per heavy atom. The first kappa shape index (κ1) is 19.1. The number of carbonyl (C=O) groups excluding carboxylic acids is 1. The lowest BCUT2D eigenvalue weighted by Crippen LogP contribution is -2.30. The Morgan fingerprint density at radius 2 is 1.78 bits per heavy atom. The molecule has 0 aliphatic rings. The second kappa shape index (κ2) is 7.50. The molecule has 0 bridgehead atoms. The summed E-state index contributed by atoms with van der Waals surface area (Å²) >= 11 is 12.0. The van der Waals surface area contributed by atoms with Crippen molar-refractivity contribution < 1.29 is 19.4 Å². The highest BCUT2D eigenvalue weighted by molar-refractivity contribution is 6.42. The molecule has 1 aromatic heterocycles. The summed E-state index contributed by atoms with van der Waals surface area (Å²) in [5, 5.41) is 20.4. The first-order valence-corrected chi connectivity index (χ1v) is 8.62. The van der Waals surface area contributed by atoms with Crippen molar-refractivity contribution in [3.05, 3.63) is 75.7 Å². The van der Waals surface area contributed by atoms with Crippen molar-refractivity contribution in [1.82, 2.24) is 4.57 Å². The average molecular weight is 409 g/mol. The number of aromatic nitrogens is 1. The van der Waals surface area contributed by atoms with E-state index < -0.39 is 23.4 Å². The van der Waals surface area contributed by atoms with Crippen LogP contribution in [0.15, 0.2) is 48.7 Å². The fourth-order valence-corrected chi connectivity index (χ4v) is 2.90. The number of aryl methyl sites for hydroxylation is 1. The molecule has 0 fully saturated rings. The molecular weight excluding hydrogens is 394 g/mol. The molecule has 0 atom stereocenters. The molecule has 1 heterocycles. The van der Waals surface area contributed by atoms with Gasteiger partial charge >= 0.3 is 0 Å². The van der Waals surface area contributed by atoms with Gasteiger partial charge in [0.15, 0.2) is 5.75 Å². The molecule has 27 heavy (non-hydrogen) atoms. The summed E-state index contributed by atoms with van der Waals surface area (Å²) in [6.45, 7) is 0.0895. The van der Waals surface area contributed by atoms with Crippen LogP contribution in [0.1, 0.15) is 15.9 Å². The zero-order chi connectivity index (χ0) is 19.7. The minimum absolute atomic E-state index is 0.0804. The summed E-state index contributed by atoms with van der Waals surface area (Å²) in [6, 6.07) is 10.4. The number of hydrogen-bond acceptors (Lipinski definition) is 3. The smallest absolute Gasteiger partial charge is 0.264 e. The topological polar surface area (TPSA) is 65.7 Å². The minimum Gasteiger partial charge on any atom is -0.503 e. The average Bonchev–Trinajstić information content (AvgIpc) is 2.90. The van der Waals surface area contributed by atoms with Crippen LogP contribution in [0, 0.1) is 5.82 Å². The Labute approximate surface area is 164 Å². The van der Waals surface area contributed by atoms with Crippen molar-refractivity contribution in [2.24, 2.45) is 7.05 Å². The van der Waals surface area contributed by atoms with Gasteiger partial charge < -0.3 is 19.7 Å². The Hall–Kier alpha value is -2.70. The summed E-state index contributed by atoms with van der Waals surface area (Å²) < 4.78 is 14.4. The molecule has 0 spiro atoms. The molecule has 3 aromatic rings. The summed E-state index contributed by atoms with van der Waals surface area (Å²) in [7, 11) is 1.50. The van der Waals surface area contributed by atoms with Gasteiger partial charge in [-0.05, 0) is 35.9 Å². The van der Waals surface area contributed by atoms with Crippen molar-refractivity contribution in [3.63, 3.8) is 0 Å². The lowest BCUT2D eigenvalue weighted by Gasteiger charge is -2.23. The van der Waals surface area contributed by atoms with E-state index in [0.29, 0.717) is 16.3 Å². The van der Waals surface area contributed by atoms with Gasteiger partial charge in [0.05, 0.1) is 16.6 Å². The maximum atomic E-state index is 13.2. The van der Waals surface area contributed by atoms with Crippen LogP contribution >= 0.6 is 23.2 Å². The number of hydrogen-bond donors (Lipinski definition) is 2. The number of halogens is 3. The molecular formula is C19H15Cl2FN2O3. The maximum absolute atomic E-state index is 13.2. The molecule has 3 rings (SSSR count). The van der Waals surface area contributed by atoms with Crippen LogP contribution in [0.5, 0.6) is 11.6 Å². The van der Waals surface area contributed by atoms with Crippen molar-refractivity contribution >= 4 is 34.8 Å². The molecule has 0 radical (unpaired) electrons. The largest absolute Gasteiger partial charge is 0.503 e. The van der Waals surface area contributed by atoms with Crippen molar-refractivity contribution in [3.8, 4) is 11.6 Å². The van der Waals surface area contributed by atoms with Crippen LogP contribution in [0.3, 0.4) is 0 Å². The second-order valence-corrected chi connectivity index (χ2v) is 6.76. The SMILES string of the molecule is Cn1cc(C(=O)N(Cc2ccc(F)cc2)c2ccc(Cl)c(Cl)c2)c(O)c1O. The van der Waals surface area contributed by atoms with Crippen LogP contribution in [-0.4, -0.2) is 20.7 Å². The lowest BCUT2D eigenvalue weighted by molar-refractivity contribution is 0.0982. The van der Waals surface area contributed by atoms with Gasteiger partial charge in [0.1, 0.15) is 11.4 Å². The molecule has 2 N–H and O–H groups in total. The van der Waals surface area contributed by atoms with Crippen LogP contribution in [0.2, 0.25) is 10.0 Å². The van der Waals surface area contributed by atoms with Gasteiger partial charge in [-0.3, -0.25) is 4.79 Å². The number of rotatable bonds is 4. The number of amides is 1. The second-order valence-electron chi connectivity index (χ2n) is 5.94. The summed E-state index contributed by atoms with van der Waals surface area (Å²) in [5.74, 6) is -1.90. The summed E-state index contributed by atoms with van der Waals surface area (Å²) in [6.07, 6.45) is 1.32. The third-order valence-corrected chi connectivity index (χ3v) is 4.81. The Bertz CT molecular complexity index is 1000. The number of nitrogens with zero attached hydrogens (tertiary/aromatic N) is 2. The van der Waals surface area contributed by atoms with Crippen molar-refractivity contribution in [2.45, 2.75) is 6.54 Å². The Morgan fingerprint density at radius 3 is 2.33 bits per heavy atom. The summed E-state index contributed by atoms with van der Waals surface area (Å²) in [5.41, 5.74) is 1.01. The number of aromatic hydroxyl groups is 2.